The summed E-state index contributed by atoms with van der Waals surface area (Å²) in [6.45, 7) is 4.61. The molecule has 2 N–H and O–H groups in total. The van der Waals surface area contributed by atoms with Gasteiger partial charge in [0.25, 0.3) is 0 Å². The number of ether oxygens (including phenoxy) is 2. The normalized spacial score (nSPS) is 19.5. The first kappa shape index (κ1) is 12.9. The van der Waals surface area contributed by atoms with Crippen LogP contribution < -0.4 is 10.6 Å². The first-order valence-corrected chi connectivity index (χ1v) is 6.10. The molecule has 1 aliphatic heterocycles. The molecule has 6 heteroatoms. The topological polar surface area (TPSA) is 72.7 Å². The number of furan rings is 1. The lowest BCUT2D eigenvalue weighted by molar-refractivity contribution is 0.0694. The van der Waals surface area contributed by atoms with Crippen LogP contribution in [0.4, 0.5) is 4.79 Å². The van der Waals surface area contributed by atoms with E-state index in [-0.39, 0.29) is 6.04 Å². The fraction of sp³-hybridized carbons (Fsp3) is 0.583. The molecule has 2 rings (SSSR count). The molecule has 0 spiro atoms. The lowest BCUT2D eigenvalue weighted by Crippen LogP contribution is -2.34. The van der Waals surface area contributed by atoms with Crippen molar-refractivity contribution < 1.29 is 18.7 Å². The molecule has 1 unspecified atom stereocenters. The van der Waals surface area contributed by atoms with Gasteiger partial charge in [-0.15, -0.1) is 0 Å². The van der Waals surface area contributed by atoms with Crippen LogP contribution in [0, 0.1) is 0 Å². The van der Waals surface area contributed by atoms with Crippen molar-refractivity contribution >= 4 is 6.09 Å². The van der Waals surface area contributed by atoms with E-state index in [1.165, 1.54) is 0 Å². The molecule has 0 bridgehead atoms. The average Bonchev–Trinajstić information content (AvgIpc) is 2.87. The van der Waals surface area contributed by atoms with E-state index in [1.54, 1.807) is 6.92 Å². The van der Waals surface area contributed by atoms with Gasteiger partial charge < -0.3 is 24.5 Å². The molecule has 1 atom stereocenters. The van der Waals surface area contributed by atoms with Crippen molar-refractivity contribution in [1.82, 2.24) is 10.6 Å². The predicted octanol–water partition coefficient (Wildman–Crippen LogP) is 1.19. The minimum atomic E-state index is -0.436. The number of hydrogen-bond acceptors (Lipinski definition) is 5. The maximum Gasteiger partial charge on any atom is 0.407 e. The summed E-state index contributed by atoms with van der Waals surface area (Å²) in [6.07, 6.45) is -0.436. The van der Waals surface area contributed by atoms with Crippen LogP contribution in [0.25, 0.3) is 0 Å². The third kappa shape index (κ3) is 3.48. The van der Waals surface area contributed by atoms with Crippen LogP contribution in [0.15, 0.2) is 16.5 Å². The van der Waals surface area contributed by atoms with Gasteiger partial charge in [-0.1, -0.05) is 0 Å². The van der Waals surface area contributed by atoms with Gasteiger partial charge in [-0.05, 0) is 19.1 Å². The third-order valence-corrected chi connectivity index (χ3v) is 2.63. The lowest BCUT2D eigenvalue weighted by atomic mass is 10.2. The fourth-order valence-corrected chi connectivity index (χ4v) is 1.77. The van der Waals surface area contributed by atoms with E-state index >= 15 is 0 Å². The quantitative estimate of drug-likeness (QED) is 0.844. The molecular formula is C12H18N2O4. The highest BCUT2D eigenvalue weighted by Gasteiger charge is 2.18. The predicted molar refractivity (Wildman–Crippen MR) is 64.1 cm³/mol. The van der Waals surface area contributed by atoms with Crippen LogP contribution in [0.1, 0.15) is 24.5 Å². The maximum absolute atomic E-state index is 11.1. The molecule has 1 fully saturated rings. The van der Waals surface area contributed by atoms with Gasteiger partial charge in [-0.3, -0.25) is 0 Å². The van der Waals surface area contributed by atoms with Crippen LogP contribution in [-0.4, -0.2) is 32.5 Å². The van der Waals surface area contributed by atoms with Gasteiger partial charge in [0.05, 0.1) is 32.4 Å². The highest BCUT2D eigenvalue weighted by Crippen LogP contribution is 2.18. The van der Waals surface area contributed by atoms with Gasteiger partial charge in [0.15, 0.2) is 0 Å². The molecule has 0 radical (unpaired) electrons. The molecule has 0 aromatic carbocycles. The van der Waals surface area contributed by atoms with E-state index in [9.17, 15) is 4.79 Å². The summed E-state index contributed by atoms with van der Waals surface area (Å²) in [4.78, 5) is 11.1. The smallest absolute Gasteiger partial charge is 0.407 e. The second kappa shape index (κ2) is 6.42. The number of nitrogens with one attached hydrogen (secondary N) is 2. The van der Waals surface area contributed by atoms with Crippen LogP contribution in [0.5, 0.6) is 0 Å². The molecule has 100 valence electrons. The molecule has 1 aliphatic rings. The maximum atomic E-state index is 11.1. The second-order valence-corrected chi connectivity index (χ2v) is 3.96. The number of carbonyl (C=O) groups is 1. The van der Waals surface area contributed by atoms with E-state index in [0.29, 0.717) is 25.5 Å². The Labute approximate surface area is 106 Å². The second-order valence-electron chi connectivity index (χ2n) is 3.96. The summed E-state index contributed by atoms with van der Waals surface area (Å²) in [5, 5.41) is 5.91. The zero-order chi connectivity index (χ0) is 12.8. The SMILES string of the molecule is CCOC(=O)NCc1ccc(C2COCCN2)o1. The standard InChI is InChI=1S/C12H18N2O4/c1-2-17-12(15)14-7-9-3-4-11(18-9)10-8-16-6-5-13-10/h3-4,10,13H,2,5-8H2,1H3,(H,14,15). The Morgan fingerprint density at radius 3 is 3.22 bits per heavy atom. The van der Waals surface area contributed by atoms with Crippen molar-refractivity contribution in [2.75, 3.05) is 26.4 Å². The van der Waals surface area contributed by atoms with Crippen molar-refractivity contribution in [3.8, 4) is 0 Å². The molecule has 6 nitrogen and oxygen atoms in total. The van der Waals surface area contributed by atoms with Gasteiger partial charge in [0.2, 0.25) is 0 Å². The van der Waals surface area contributed by atoms with Crippen molar-refractivity contribution in [2.45, 2.75) is 19.5 Å². The third-order valence-electron chi connectivity index (χ3n) is 2.63. The first-order chi connectivity index (χ1) is 8.79. The van der Waals surface area contributed by atoms with E-state index < -0.39 is 6.09 Å². The highest BCUT2D eigenvalue weighted by atomic mass is 16.5. The van der Waals surface area contributed by atoms with Crippen LogP contribution in [0.3, 0.4) is 0 Å². The Kier molecular flexibility index (Phi) is 4.60. The molecule has 0 aliphatic carbocycles. The lowest BCUT2D eigenvalue weighted by Gasteiger charge is -2.21. The van der Waals surface area contributed by atoms with Crippen molar-refractivity contribution in [3.05, 3.63) is 23.7 Å². The Morgan fingerprint density at radius 1 is 1.61 bits per heavy atom. The Morgan fingerprint density at radius 2 is 2.50 bits per heavy atom. The van der Waals surface area contributed by atoms with Crippen molar-refractivity contribution in [2.24, 2.45) is 0 Å². The number of morpholine rings is 1. The van der Waals surface area contributed by atoms with Crippen LogP contribution in [-0.2, 0) is 16.0 Å². The van der Waals surface area contributed by atoms with Crippen LogP contribution in [0.2, 0.25) is 0 Å². The van der Waals surface area contributed by atoms with Gasteiger partial charge in [0, 0.05) is 6.54 Å². The molecule has 0 saturated carbocycles. The number of hydrogen-bond donors (Lipinski definition) is 2. The van der Waals surface area contributed by atoms with Gasteiger partial charge >= 0.3 is 6.09 Å². The molecule has 1 amide bonds. The van der Waals surface area contributed by atoms with E-state index in [2.05, 4.69) is 10.6 Å². The van der Waals surface area contributed by atoms with E-state index in [1.807, 2.05) is 12.1 Å². The fourth-order valence-electron chi connectivity index (χ4n) is 1.77. The minimum absolute atomic E-state index is 0.0927. The average molecular weight is 254 g/mol. The Balaban J connectivity index is 1.83. The zero-order valence-electron chi connectivity index (χ0n) is 10.4. The Hall–Kier alpha value is -1.53. The summed E-state index contributed by atoms with van der Waals surface area (Å²) < 4.78 is 15.8. The van der Waals surface area contributed by atoms with E-state index in [0.717, 1.165) is 18.9 Å². The molecule has 18 heavy (non-hydrogen) atoms. The summed E-state index contributed by atoms with van der Waals surface area (Å²) in [5.74, 6) is 1.53. The number of rotatable bonds is 4. The zero-order valence-corrected chi connectivity index (χ0v) is 10.4. The van der Waals surface area contributed by atoms with Gasteiger partial charge in [-0.25, -0.2) is 4.79 Å². The van der Waals surface area contributed by atoms with Gasteiger partial charge in [-0.2, -0.15) is 0 Å². The minimum Gasteiger partial charge on any atom is -0.462 e. The summed E-state index contributed by atoms with van der Waals surface area (Å²) >= 11 is 0. The molecule has 1 saturated heterocycles. The van der Waals surface area contributed by atoms with Crippen LogP contribution >= 0.6 is 0 Å². The number of carbonyl (C=O) groups excluding carboxylic acids is 1. The van der Waals surface area contributed by atoms with Crippen molar-refractivity contribution in [1.29, 1.82) is 0 Å². The molecular weight excluding hydrogens is 236 g/mol. The number of alkyl carbamates (subject to hydrolysis) is 1. The van der Waals surface area contributed by atoms with Gasteiger partial charge in [0.1, 0.15) is 11.5 Å². The summed E-state index contributed by atoms with van der Waals surface area (Å²) in [6, 6.07) is 3.84. The highest BCUT2D eigenvalue weighted by molar-refractivity contribution is 5.66. The largest absolute Gasteiger partial charge is 0.462 e. The first-order valence-electron chi connectivity index (χ1n) is 6.10. The van der Waals surface area contributed by atoms with Crippen molar-refractivity contribution in [3.63, 3.8) is 0 Å². The number of amides is 1. The Bertz CT molecular complexity index is 385. The van der Waals surface area contributed by atoms with E-state index in [4.69, 9.17) is 13.9 Å². The molecule has 1 aromatic rings. The monoisotopic (exact) mass is 254 g/mol. The summed E-state index contributed by atoms with van der Waals surface area (Å²) in [7, 11) is 0. The molecule has 2 heterocycles. The summed E-state index contributed by atoms with van der Waals surface area (Å²) in [5.41, 5.74) is 0. The molecule has 1 aromatic heterocycles.